The Hall–Kier alpha value is -1.97. The highest BCUT2D eigenvalue weighted by Crippen LogP contribution is 2.31. The number of nitrogens with zero attached hydrogens (tertiary/aromatic N) is 5. The van der Waals surface area contributed by atoms with E-state index in [1.54, 1.807) is 4.31 Å². The lowest BCUT2D eigenvalue weighted by Crippen LogP contribution is -2.47. The van der Waals surface area contributed by atoms with Gasteiger partial charge in [-0.25, -0.2) is 22.7 Å². The van der Waals surface area contributed by atoms with Crippen molar-refractivity contribution in [3.63, 3.8) is 0 Å². The van der Waals surface area contributed by atoms with Crippen molar-refractivity contribution < 1.29 is 8.42 Å². The Kier molecular flexibility index (Phi) is 5.75. The third-order valence-corrected chi connectivity index (χ3v) is 8.08. The Labute approximate surface area is 184 Å². The molecule has 0 spiro atoms. The molecule has 2 saturated heterocycles. The van der Waals surface area contributed by atoms with Crippen LogP contribution in [0.1, 0.15) is 25.7 Å². The van der Waals surface area contributed by atoms with Crippen LogP contribution in [0, 0.1) is 5.92 Å². The summed E-state index contributed by atoms with van der Waals surface area (Å²) in [4.78, 5) is 14.5. The van der Waals surface area contributed by atoms with Crippen LogP contribution < -0.4 is 10.2 Å². The summed E-state index contributed by atoms with van der Waals surface area (Å²) < 4.78 is 25.0. The number of anilines is 2. The van der Waals surface area contributed by atoms with Crippen LogP contribution >= 0.6 is 0 Å². The molecule has 1 aromatic carbocycles. The molecule has 1 aromatic heterocycles. The first-order chi connectivity index (χ1) is 15.0. The van der Waals surface area contributed by atoms with Gasteiger partial charge in [0.15, 0.2) is 0 Å². The van der Waals surface area contributed by atoms with Crippen LogP contribution in [-0.2, 0) is 10.0 Å². The van der Waals surface area contributed by atoms with E-state index in [-0.39, 0.29) is 6.04 Å². The number of aromatic nitrogens is 2. The molecule has 2 aromatic rings. The summed E-state index contributed by atoms with van der Waals surface area (Å²) in [6, 6.07) is 6.51. The van der Waals surface area contributed by atoms with Crippen LogP contribution in [0.3, 0.4) is 0 Å². The van der Waals surface area contributed by atoms with Crippen LogP contribution in [0.4, 0.5) is 11.6 Å². The highest BCUT2D eigenvalue weighted by molar-refractivity contribution is 7.88. The van der Waals surface area contributed by atoms with Gasteiger partial charge in [0.2, 0.25) is 16.0 Å². The Morgan fingerprint density at radius 2 is 1.77 bits per heavy atom. The maximum Gasteiger partial charge on any atom is 0.223 e. The van der Waals surface area contributed by atoms with Gasteiger partial charge < -0.3 is 10.2 Å². The number of fused-ring (bicyclic) bond motifs is 1. The fraction of sp³-hybridized carbons (Fsp3) is 0.636. The summed E-state index contributed by atoms with van der Waals surface area (Å²) in [5, 5.41) is 4.49. The Morgan fingerprint density at radius 1 is 1.03 bits per heavy atom. The number of para-hydroxylation sites is 1. The number of rotatable bonds is 6. The fourth-order valence-corrected chi connectivity index (χ4v) is 5.59. The molecule has 8 nitrogen and oxygen atoms in total. The summed E-state index contributed by atoms with van der Waals surface area (Å²) in [7, 11) is -3.11. The quantitative estimate of drug-likeness (QED) is 0.730. The Bertz CT molecular complexity index is 1030. The highest BCUT2D eigenvalue weighted by Gasteiger charge is 2.27. The number of nitrogens with one attached hydrogen (secondary N) is 1. The number of hydrogen-bond donors (Lipinski definition) is 1. The van der Waals surface area contributed by atoms with E-state index in [0.29, 0.717) is 19.0 Å². The number of benzene rings is 1. The van der Waals surface area contributed by atoms with Crippen molar-refractivity contribution in [2.24, 2.45) is 5.92 Å². The molecule has 168 valence electrons. The van der Waals surface area contributed by atoms with Gasteiger partial charge in [0.25, 0.3) is 0 Å². The van der Waals surface area contributed by atoms with Crippen molar-refractivity contribution in [2.45, 2.75) is 31.7 Å². The predicted molar refractivity (Wildman–Crippen MR) is 124 cm³/mol. The molecule has 31 heavy (non-hydrogen) atoms. The number of hydrogen-bond acceptors (Lipinski definition) is 7. The van der Waals surface area contributed by atoms with Crippen LogP contribution in [0.15, 0.2) is 24.4 Å². The second-order valence-electron chi connectivity index (χ2n) is 9.22. The molecule has 3 fully saturated rings. The normalized spacial score (nSPS) is 22.2. The summed E-state index contributed by atoms with van der Waals surface area (Å²) in [6.45, 7) is 6.63. The molecule has 0 unspecified atom stereocenters. The molecule has 0 radical (unpaired) electrons. The minimum absolute atomic E-state index is 0.189. The Morgan fingerprint density at radius 3 is 2.45 bits per heavy atom. The summed E-state index contributed by atoms with van der Waals surface area (Å²) in [6.07, 6.45) is 7.51. The lowest BCUT2D eigenvalue weighted by atomic mass is 10.1. The summed E-state index contributed by atoms with van der Waals surface area (Å²) in [5.74, 6) is 1.57. The molecule has 9 heteroatoms. The smallest absolute Gasteiger partial charge is 0.223 e. The van der Waals surface area contributed by atoms with Crippen LogP contribution in [0.25, 0.3) is 10.9 Å². The third-order valence-electron chi connectivity index (χ3n) is 6.77. The van der Waals surface area contributed by atoms with E-state index in [4.69, 9.17) is 4.98 Å². The van der Waals surface area contributed by atoms with E-state index >= 15 is 0 Å². The molecule has 1 saturated carbocycles. The molecule has 3 aliphatic rings. The summed E-state index contributed by atoms with van der Waals surface area (Å²) in [5.41, 5.74) is 2.17. The molecular formula is C22H32N6O2S. The third kappa shape index (κ3) is 4.94. The average molecular weight is 445 g/mol. The standard InChI is InChI=1S/C22H32N6O2S/c1-31(29,30)28-9-7-19(8-10-28)24-22-23-15-18-3-2-4-20(21(18)25-22)27-13-11-26(12-14-27)16-17-5-6-17/h2-4,15,17,19H,5-14,16H2,1H3,(H,23,24,25). The molecule has 0 amide bonds. The highest BCUT2D eigenvalue weighted by atomic mass is 32.2. The van der Waals surface area contributed by atoms with Crippen molar-refractivity contribution in [2.75, 3.05) is 62.3 Å². The molecule has 1 N–H and O–H groups in total. The molecule has 1 aliphatic carbocycles. The van der Waals surface area contributed by atoms with E-state index in [2.05, 4.69) is 38.3 Å². The van der Waals surface area contributed by atoms with Crippen molar-refractivity contribution >= 4 is 32.6 Å². The molecule has 2 aliphatic heterocycles. The lowest BCUT2D eigenvalue weighted by Gasteiger charge is -2.36. The maximum absolute atomic E-state index is 11.7. The first-order valence-electron chi connectivity index (χ1n) is 11.4. The van der Waals surface area contributed by atoms with Crippen molar-refractivity contribution in [3.8, 4) is 0 Å². The lowest BCUT2D eigenvalue weighted by molar-refractivity contribution is 0.248. The Balaban J connectivity index is 1.27. The molecule has 0 bridgehead atoms. The second-order valence-corrected chi connectivity index (χ2v) is 11.2. The van der Waals surface area contributed by atoms with Crippen molar-refractivity contribution in [1.29, 1.82) is 0 Å². The van der Waals surface area contributed by atoms with Crippen molar-refractivity contribution in [1.82, 2.24) is 19.2 Å². The van der Waals surface area contributed by atoms with Gasteiger partial charge >= 0.3 is 0 Å². The predicted octanol–water partition coefficient (Wildman–Crippen LogP) is 2.00. The molecule has 0 atom stereocenters. The first-order valence-corrected chi connectivity index (χ1v) is 13.3. The number of sulfonamides is 1. The van der Waals surface area contributed by atoms with Gasteiger partial charge in [-0.3, -0.25) is 4.90 Å². The maximum atomic E-state index is 11.7. The molecule has 5 rings (SSSR count). The SMILES string of the molecule is CS(=O)(=O)N1CCC(Nc2ncc3cccc(N4CCN(CC5CC5)CC4)c3n2)CC1. The zero-order valence-corrected chi connectivity index (χ0v) is 19.0. The van der Waals surface area contributed by atoms with Gasteiger partial charge in [-0.1, -0.05) is 12.1 Å². The fourth-order valence-electron chi connectivity index (χ4n) is 4.72. The summed E-state index contributed by atoms with van der Waals surface area (Å²) >= 11 is 0. The van der Waals surface area contributed by atoms with E-state index in [1.165, 1.54) is 31.3 Å². The second kappa shape index (κ2) is 8.52. The van der Waals surface area contributed by atoms with Gasteiger partial charge in [-0.2, -0.15) is 0 Å². The van der Waals surface area contributed by atoms with Crippen LogP contribution in [0.2, 0.25) is 0 Å². The number of piperidine rings is 1. The van der Waals surface area contributed by atoms with Crippen LogP contribution in [0.5, 0.6) is 0 Å². The first kappa shape index (κ1) is 20.9. The van der Waals surface area contributed by atoms with Gasteiger partial charge in [-0.05, 0) is 37.7 Å². The number of piperazine rings is 1. The van der Waals surface area contributed by atoms with E-state index < -0.39 is 10.0 Å². The topological polar surface area (TPSA) is 81.7 Å². The van der Waals surface area contributed by atoms with E-state index in [1.807, 2.05) is 6.20 Å². The zero-order valence-electron chi connectivity index (χ0n) is 18.2. The minimum Gasteiger partial charge on any atom is -0.367 e. The minimum atomic E-state index is -3.11. The molecular weight excluding hydrogens is 412 g/mol. The van der Waals surface area contributed by atoms with Gasteiger partial charge in [0.05, 0.1) is 17.5 Å². The van der Waals surface area contributed by atoms with Crippen molar-refractivity contribution in [3.05, 3.63) is 24.4 Å². The monoisotopic (exact) mass is 444 g/mol. The van der Waals surface area contributed by atoms with E-state index in [0.717, 1.165) is 55.8 Å². The largest absolute Gasteiger partial charge is 0.367 e. The van der Waals surface area contributed by atoms with Gasteiger partial charge in [-0.15, -0.1) is 0 Å². The molecule has 3 heterocycles. The van der Waals surface area contributed by atoms with Gasteiger partial charge in [0, 0.05) is 63.4 Å². The van der Waals surface area contributed by atoms with E-state index in [9.17, 15) is 8.42 Å². The van der Waals surface area contributed by atoms with Crippen LogP contribution in [-0.4, -0.2) is 85.7 Å². The average Bonchev–Trinajstić information content (AvgIpc) is 3.58. The zero-order chi connectivity index (χ0) is 21.4. The van der Waals surface area contributed by atoms with Gasteiger partial charge in [0.1, 0.15) is 0 Å².